The first-order chi connectivity index (χ1) is 9.84. The highest BCUT2D eigenvalue weighted by atomic mass is 16.4. The molecule has 0 aromatic carbocycles. The molecule has 4 saturated carbocycles. The number of hydrogen-bond donors (Lipinski definition) is 3. The monoisotopic (exact) mass is 294 g/mol. The molecule has 0 saturated heterocycles. The van der Waals surface area contributed by atoms with Crippen molar-refractivity contribution in [3.8, 4) is 0 Å². The van der Waals surface area contributed by atoms with Crippen molar-refractivity contribution in [3.63, 3.8) is 0 Å². The topological polar surface area (TPSA) is 78.4 Å². The molecule has 5 heteroatoms. The van der Waals surface area contributed by atoms with Gasteiger partial charge in [-0.3, -0.25) is 0 Å². The molecule has 3 N–H and O–H groups in total. The Balaban J connectivity index is 1.66. The zero-order valence-electron chi connectivity index (χ0n) is 12.9. The quantitative estimate of drug-likeness (QED) is 0.745. The highest BCUT2D eigenvalue weighted by molar-refractivity contribution is 5.86. The molecule has 5 nitrogen and oxygen atoms in total. The molecule has 1 unspecified atom stereocenters. The Hall–Kier alpha value is -1.26. The molecule has 0 heterocycles. The molecule has 118 valence electrons. The first-order valence-corrected chi connectivity index (χ1v) is 8.18. The standard InChI is InChI=1S/C16H26N2O3/c1-3-15(2,13(19)20)17-14(21)18-16-7-10-4-11(8-16)6-12(5-10)9-16/h10-12H,3-9H2,1-2H3,(H,19,20)(H2,17,18,21). The molecule has 0 aliphatic heterocycles. The summed E-state index contributed by atoms with van der Waals surface area (Å²) in [6.45, 7) is 3.34. The molecule has 4 aliphatic rings. The first-order valence-electron chi connectivity index (χ1n) is 8.18. The lowest BCUT2D eigenvalue weighted by Gasteiger charge is -2.56. The van der Waals surface area contributed by atoms with Gasteiger partial charge in [-0.05, 0) is 69.6 Å². The van der Waals surface area contributed by atoms with Crippen LogP contribution in [0.3, 0.4) is 0 Å². The lowest BCUT2D eigenvalue weighted by atomic mass is 9.53. The van der Waals surface area contributed by atoms with Crippen molar-refractivity contribution < 1.29 is 14.7 Å². The number of carboxylic acid groups (broad SMARTS) is 1. The number of aliphatic carboxylic acids is 1. The molecule has 2 amide bonds. The van der Waals surface area contributed by atoms with Crippen molar-refractivity contribution in [2.24, 2.45) is 17.8 Å². The highest BCUT2D eigenvalue weighted by Gasteiger charge is 2.51. The summed E-state index contributed by atoms with van der Waals surface area (Å²) in [7, 11) is 0. The molecule has 4 bridgehead atoms. The van der Waals surface area contributed by atoms with Gasteiger partial charge in [0.1, 0.15) is 5.54 Å². The van der Waals surface area contributed by atoms with E-state index in [1.807, 2.05) is 0 Å². The molecule has 0 aromatic heterocycles. The summed E-state index contributed by atoms with van der Waals surface area (Å²) in [6.07, 6.45) is 7.56. The Labute approximate surface area is 125 Å². The maximum absolute atomic E-state index is 12.3. The number of carbonyl (C=O) groups is 2. The molecule has 0 aromatic rings. The van der Waals surface area contributed by atoms with E-state index >= 15 is 0 Å². The van der Waals surface area contributed by atoms with Gasteiger partial charge in [-0.1, -0.05) is 6.92 Å². The van der Waals surface area contributed by atoms with Gasteiger partial charge < -0.3 is 15.7 Å². The Bertz CT molecular complexity index is 427. The van der Waals surface area contributed by atoms with Crippen LogP contribution in [-0.4, -0.2) is 28.2 Å². The number of carboxylic acids is 1. The van der Waals surface area contributed by atoms with Crippen molar-refractivity contribution in [3.05, 3.63) is 0 Å². The maximum atomic E-state index is 12.3. The number of carbonyl (C=O) groups excluding carboxylic acids is 1. The summed E-state index contributed by atoms with van der Waals surface area (Å²) in [5, 5.41) is 15.1. The van der Waals surface area contributed by atoms with Crippen LogP contribution in [0.5, 0.6) is 0 Å². The Morgan fingerprint density at radius 2 is 1.62 bits per heavy atom. The van der Waals surface area contributed by atoms with Crippen molar-refractivity contribution in [1.29, 1.82) is 0 Å². The summed E-state index contributed by atoms with van der Waals surface area (Å²) in [4.78, 5) is 23.6. The van der Waals surface area contributed by atoms with E-state index in [-0.39, 0.29) is 11.6 Å². The molecule has 0 spiro atoms. The van der Waals surface area contributed by atoms with Crippen LogP contribution in [0, 0.1) is 17.8 Å². The molecule has 4 rings (SSSR count). The molecular weight excluding hydrogens is 268 g/mol. The van der Waals surface area contributed by atoms with Gasteiger partial charge >= 0.3 is 12.0 Å². The lowest BCUT2D eigenvalue weighted by molar-refractivity contribution is -0.143. The molecule has 1 atom stereocenters. The minimum atomic E-state index is -1.19. The van der Waals surface area contributed by atoms with Crippen LogP contribution in [0.25, 0.3) is 0 Å². The number of urea groups is 1. The van der Waals surface area contributed by atoms with E-state index in [1.165, 1.54) is 19.3 Å². The van der Waals surface area contributed by atoms with E-state index < -0.39 is 11.5 Å². The second-order valence-electron chi connectivity index (χ2n) is 7.77. The van der Waals surface area contributed by atoms with E-state index in [9.17, 15) is 14.7 Å². The van der Waals surface area contributed by atoms with Gasteiger partial charge in [0, 0.05) is 5.54 Å². The Morgan fingerprint density at radius 1 is 1.14 bits per heavy atom. The second-order valence-corrected chi connectivity index (χ2v) is 7.77. The third kappa shape index (κ3) is 2.62. The number of amides is 2. The van der Waals surface area contributed by atoms with Gasteiger partial charge in [0.05, 0.1) is 0 Å². The summed E-state index contributed by atoms with van der Waals surface area (Å²) >= 11 is 0. The van der Waals surface area contributed by atoms with Crippen LogP contribution in [0.15, 0.2) is 0 Å². The summed E-state index contributed by atoms with van der Waals surface area (Å²) in [6, 6.07) is -0.316. The average Bonchev–Trinajstić information content (AvgIpc) is 2.35. The normalized spacial score (nSPS) is 39.6. The smallest absolute Gasteiger partial charge is 0.329 e. The molecule has 21 heavy (non-hydrogen) atoms. The number of nitrogens with one attached hydrogen (secondary N) is 2. The predicted molar refractivity (Wildman–Crippen MR) is 78.9 cm³/mol. The van der Waals surface area contributed by atoms with Crippen molar-refractivity contribution >= 4 is 12.0 Å². The van der Waals surface area contributed by atoms with E-state index in [1.54, 1.807) is 13.8 Å². The summed E-state index contributed by atoms with van der Waals surface area (Å²) in [5.41, 5.74) is -1.27. The molecule has 0 radical (unpaired) electrons. The molecular formula is C16H26N2O3. The zero-order valence-corrected chi connectivity index (χ0v) is 12.9. The van der Waals surface area contributed by atoms with E-state index in [2.05, 4.69) is 10.6 Å². The van der Waals surface area contributed by atoms with Crippen LogP contribution in [0.4, 0.5) is 4.79 Å². The van der Waals surface area contributed by atoms with Gasteiger partial charge in [-0.25, -0.2) is 9.59 Å². The van der Waals surface area contributed by atoms with Crippen molar-refractivity contribution in [2.45, 2.75) is 69.9 Å². The third-order valence-electron chi connectivity index (χ3n) is 5.99. The minimum absolute atomic E-state index is 0.0774. The van der Waals surface area contributed by atoms with Crippen LogP contribution >= 0.6 is 0 Å². The Morgan fingerprint density at radius 3 is 2.00 bits per heavy atom. The van der Waals surface area contributed by atoms with Crippen molar-refractivity contribution in [1.82, 2.24) is 10.6 Å². The van der Waals surface area contributed by atoms with Gasteiger partial charge in [-0.2, -0.15) is 0 Å². The number of hydrogen-bond acceptors (Lipinski definition) is 2. The van der Waals surface area contributed by atoms with E-state index in [4.69, 9.17) is 0 Å². The third-order valence-corrected chi connectivity index (χ3v) is 5.99. The lowest BCUT2D eigenvalue weighted by Crippen LogP contribution is -2.64. The summed E-state index contributed by atoms with van der Waals surface area (Å²) in [5.74, 6) is 1.29. The van der Waals surface area contributed by atoms with E-state index in [0.29, 0.717) is 6.42 Å². The van der Waals surface area contributed by atoms with Crippen LogP contribution < -0.4 is 10.6 Å². The fourth-order valence-electron chi connectivity index (χ4n) is 5.08. The highest BCUT2D eigenvalue weighted by Crippen LogP contribution is 2.55. The van der Waals surface area contributed by atoms with Crippen LogP contribution in [0.2, 0.25) is 0 Å². The van der Waals surface area contributed by atoms with Gasteiger partial charge in [0.15, 0.2) is 0 Å². The van der Waals surface area contributed by atoms with Gasteiger partial charge in [0.25, 0.3) is 0 Å². The fourth-order valence-corrected chi connectivity index (χ4v) is 5.08. The van der Waals surface area contributed by atoms with Gasteiger partial charge in [0.2, 0.25) is 0 Å². The SMILES string of the molecule is CCC(C)(NC(=O)NC12CC3CC(CC(C3)C1)C2)C(=O)O. The first kappa shape index (κ1) is 14.7. The predicted octanol–water partition coefficient (Wildman–Crippen LogP) is 2.51. The van der Waals surface area contributed by atoms with Crippen LogP contribution in [0.1, 0.15) is 58.8 Å². The number of rotatable bonds is 4. The average molecular weight is 294 g/mol. The maximum Gasteiger partial charge on any atom is 0.329 e. The minimum Gasteiger partial charge on any atom is -0.480 e. The molecule has 4 fully saturated rings. The van der Waals surface area contributed by atoms with Crippen molar-refractivity contribution in [2.75, 3.05) is 0 Å². The Kier molecular flexibility index (Phi) is 3.41. The fraction of sp³-hybridized carbons (Fsp3) is 0.875. The molecule has 4 aliphatic carbocycles. The second kappa shape index (κ2) is 4.89. The van der Waals surface area contributed by atoms with Gasteiger partial charge in [-0.15, -0.1) is 0 Å². The zero-order chi connectivity index (χ0) is 15.3. The van der Waals surface area contributed by atoms with Crippen LogP contribution in [-0.2, 0) is 4.79 Å². The van der Waals surface area contributed by atoms with E-state index in [0.717, 1.165) is 37.0 Å². The largest absolute Gasteiger partial charge is 0.480 e. The summed E-state index contributed by atoms with van der Waals surface area (Å²) < 4.78 is 0.